The molecule has 0 aliphatic heterocycles. The molecule has 0 aromatic carbocycles. The summed E-state index contributed by atoms with van der Waals surface area (Å²) in [5.74, 6) is -0.301. The van der Waals surface area contributed by atoms with Crippen molar-refractivity contribution >= 4 is 21.7 Å². The number of amides is 1. The summed E-state index contributed by atoms with van der Waals surface area (Å²) in [5.41, 5.74) is -1.12. The van der Waals surface area contributed by atoms with E-state index in [1.165, 1.54) is 18.3 Å². The Hall–Kier alpha value is -1.89. The summed E-state index contributed by atoms with van der Waals surface area (Å²) in [5, 5.41) is 2.72. The summed E-state index contributed by atoms with van der Waals surface area (Å²) >= 11 is 0. The van der Waals surface area contributed by atoms with E-state index in [1.807, 2.05) is 20.8 Å². The molecular weight excluding hydrogens is 314 g/mol. The average Bonchev–Trinajstić information content (AvgIpc) is 3.22. The van der Waals surface area contributed by atoms with Crippen LogP contribution in [0.1, 0.15) is 27.2 Å². The van der Waals surface area contributed by atoms with E-state index in [9.17, 15) is 13.2 Å². The van der Waals surface area contributed by atoms with Crippen molar-refractivity contribution in [3.63, 3.8) is 0 Å². The molecule has 23 heavy (non-hydrogen) atoms. The molecule has 0 unspecified atom stereocenters. The van der Waals surface area contributed by atoms with Gasteiger partial charge in [-0.3, -0.25) is 4.79 Å². The number of anilines is 1. The summed E-state index contributed by atoms with van der Waals surface area (Å²) in [4.78, 5) is 16.7. The van der Waals surface area contributed by atoms with Crippen molar-refractivity contribution in [2.24, 2.45) is 16.7 Å². The van der Waals surface area contributed by atoms with Gasteiger partial charge in [-0.15, -0.1) is 6.58 Å². The molecule has 126 valence electrons. The van der Waals surface area contributed by atoms with Crippen LogP contribution in [-0.2, 0) is 14.8 Å². The first-order chi connectivity index (χ1) is 10.6. The van der Waals surface area contributed by atoms with E-state index in [-0.39, 0.29) is 22.0 Å². The van der Waals surface area contributed by atoms with Crippen LogP contribution < -0.4 is 10.0 Å². The van der Waals surface area contributed by atoms with Crippen LogP contribution in [0.3, 0.4) is 0 Å². The molecule has 0 spiro atoms. The first kappa shape index (κ1) is 17.5. The van der Waals surface area contributed by atoms with Crippen LogP contribution in [0.25, 0.3) is 0 Å². The Morgan fingerprint density at radius 3 is 2.61 bits per heavy atom. The Kier molecular flexibility index (Phi) is 4.28. The molecule has 6 nitrogen and oxygen atoms in total. The van der Waals surface area contributed by atoms with Crippen LogP contribution in [0.15, 0.2) is 35.9 Å². The Morgan fingerprint density at radius 2 is 2.13 bits per heavy atom. The first-order valence-corrected chi connectivity index (χ1v) is 8.91. The molecule has 1 aliphatic carbocycles. The number of hydrogen-bond acceptors (Lipinski definition) is 5. The minimum Gasteiger partial charge on any atom is -0.372 e. The topological polar surface area (TPSA) is 88.2 Å². The predicted molar refractivity (Wildman–Crippen MR) is 89.3 cm³/mol. The Bertz CT molecular complexity index is 737. The van der Waals surface area contributed by atoms with Gasteiger partial charge in [-0.25, -0.2) is 18.1 Å². The van der Waals surface area contributed by atoms with Crippen molar-refractivity contribution in [3.05, 3.63) is 31.0 Å². The van der Waals surface area contributed by atoms with Gasteiger partial charge >= 0.3 is 0 Å². The molecule has 2 atom stereocenters. The molecule has 1 aromatic heterocycles. The molecule has 0 saturated heterocycles. The maximum atomic E-state index is 12.8. The van der Waals surface area contributed by atoms with E-state index in [0.29, 0.717) is 6.42 Å². The van der Waals surface area contributed by atoms with E-state index in [4.69, 9.17) is 0 Å². The van der Waals surface area contributed by atoms with Crippen LogP contribution in [-0.4, -0.2) is 26.4 Å². The monoisotopic (exact) mass is 337 g/mol. The van der Waals surface area contributed by atoms with Crippen molar-refractivity contribution in [2.45, 2.75) is 32.1 Å². The highest BCUT2D eigenvalue weighted by molar-refractivity contribution is 7.90. The number of aromatic nitrogens is 1. The van der Waals surface area contributed by atoms with Gasteiger partial charge in [0.1, 0.15) is 10.7 Å². The SMILES string of the molecule is C=C[C@@H]1C[C@@]1(C(=O)NS(=O)(=O)c1cccnc1NC)C(C)(C)C. The highest BCUT2D eigenvalue weighted by Gasteiger charge is 2.65. The molecule has 1 aliphatic rings. The van der Waals surface area contributed by atoms with Gasteiger partial charge in [0.15, 0.2) is 0 Å². The van der Waals surface area contributed by atoms with E-state index in [1.54, 1.807) is 13.1 Å². The third kappa shape index (κ3) is 2.85. The predicted octanol–water partition coefficient (Wildman–Crippen LogP) is 2.17. The van der Waals surface area contributed by atoms with Gasteiger partial charge in [-0.2, -0.15) is 0 Å². The number of hydrogen-bond donors (Lipinski definition) is 2. The largest absolute Gasteiger partial charge is 0.372 e. The van der Waals surface area contributed by atoms with Crippen LogP contribution in [0.4, 0.5) is 5.82 Å². The number of sulfonamides is 1. The normalized spacial score (nSPS) is 23.9. The van der Waals surface area contributed by atoms with Gasteiger partial charge in [-0.05, 0) is 29.9 Å². The highest BCUT2D eigenvalue weighted by atomic mass is 32.2. The lowest BCUT2D eigenvalue weighted by molar-refractivity contribution is -0.128. The minimum atomic E-state index is -4.00. The molecule has 7 heteroatoms. The van der Waals surface area contributed by atoms with Crippen molar-refractivity contribution in [1.29, 1.82) is 0 Å². The number of carbonyl (C=O) groups excluding carboxylic acids is 1. The molecule has 2 rings (SSSR count). The van der Waals surface area contributed by atoms with E-state index >= 15 is 0 Å². The second-order valence-electron chi connectivity index (χ2n) is 6.80. The zero-order chi connectivity index (χ0) is 17.5. The third-order valence-electron chi connectivity index (χ3n) is 4.57. The van der Waals surface area contributed by atoms with Crippen LogP contribution in [0.2, 0.25) is 0 Å². The lowest BCUT2D eigenvalue weighted by Crippen LogP contribution is -2.43. The van der Waals surface area contributed by atoms with E-state index < -0.39 is 21.3 Å². The number of carbonyl (C=O) groups is 1. The van der Waals surface area contributed by atoms with Crippen LogP contribution >= 0.6 is 0 Å². The maximum absolute atomic E-state index is 12.8. The Balaban J connectivity index is 2.34. The molecule has 0 radical (unpaired) electrons. The van der Waals surface area contributed by atoms with E-state index in [0.717, 1.165) is 0 Å². The lowest BCUT2D eigenvalue weighted by Gasteiger charge is -2.30. The average molecular weight is 337 g/mol. The molecule has 0 bridgehead atoms. The van der Waals surface area contributed by atoms with Crippen LogP contribution in [0, 0.1) is 16.7 Å². The summed E-state index contributed by atoms with van der Waals surface area (Å²) in [6.07, 6.45) is 3.81. The molecular formula is C16H23N3O3S. The van der Waals surface area contributed by atoms with Crippen LogP contribution in [0.5, 0.6) is 0 Å². The standard InChI is InChI=1S/C16H23N3O3S/c1-6-11-10-16(11,15(2,3)4)14(20)19-23(21,22)12-8-7-9-18-13(12)17-5/h6-9,11H,1,10H2,2-5H3,(H,17,18)(H,19,20)/t11-,16-/m1/s1. The van der Waals surface area contributed by atoms with Gasteiger partial charge in [0, 0.05) is 13.2 Å². The van der Waals surface area contributed by atoms with Crippen molar-refractivity contribution in [2.75, 3.05) is 12.4 Å². The second-order valence-corrected chi connectivity index (χ2v) is 8.45. The number of allylic oxidation sites excluding steroid dienone is 1. The smallest absolute Gasteiger partial charge is 0.267 e. The number of nitrogens with one attached hydrogen (secondary N) is 2. The summed E-state index contributed by atoms with van der Waals surface area (Å²) in [7, 11) is -2.42. The fraction of sp³-hybridized carbons (Fsp3) is 0.500. The molecule has 1 saturated carbocycles. The summed E-state index contributed by atoms with van der Waals surface area (Å²) in [6.45, 7) is 9.56. The fourth-order valence-corrected chi connectivity index (χ4v) is 4.30. The van der Waals surface area contributed by atoms with Gasteiger partial charge in [0.05, 0.1) is 5.41 Å². The molecule has 1 fully saturated rings. The van der Waals surface area contributed by atoms with Gasteiger partial charge in [0.2, 0.25) is 5.91 Å². The molecule has 1 amide bonds. The highest BCUT2D eigenvalue weighted by Crippen LogP contribution is 2.64. The fourth-order valence-electron chi connectivity index (χ4n) is 3.10. The van der Waals surface area contributed by atoms with Gasteiger partial charge in [0.25, 0.3) is 10.0 Å². The molecule has 1 aromatic rings. The number of nitrogens with zero attached hydrogens (tertiary/aromatic N) is 1. The third-order valence-corrected chi connectivity index (χ3v) is 5.93. The Morgan fingerprint density at radius 1 is 1.48 bits per heavy atom. The zero-order valence-corrected chi connectivity index (χ0v) is 14.7. The summed E-state index contributed by atoms with van der Waals surface area (Å²) in [6, 6.07) is 2.93. The number of rotatable bonds is 5. The van der Waals surface area contributed by atoms with Gasteiger partial charge < -0.3 is 5.32 Å². The molecule has 1 heterocycles. The lowest BCUT2D eigenvalue weighted by atomic mass is 9.75. The second kappa shape index (κ2) is 5.63. The first-order valence-electron chi connectivity index (χ1n) is 7.42. The summed E-state index contributed by atoms with van der Waals surface area (Å²) < 4.78 is 27.4. The number of pyridine rings is 1. The quantitative estimate of drug-likeness (QED) is 0.804. The Labute approximate surface area is 137 Å². The van der Waals surface area contributed by atoms with Crippen molar-refractivity contribution < 1.29 is 13.2 Å². The maximum Gasteiger partial charge on any atom is 0.267 e. The van der Waals surface area contributed by atoms with E-state index in [2.05, 4.69) is 21.6 Å². The zero-order valence-electron chi connectivity index (χ0n) is 13.9. The van der Waals surface area contributed by atoms with Crippen molar-refractivity contribution in [3.8, 4) is 0 Å². The molecule has 2 N–H and O–H groups in total. The van der Waals surface area contributed by atoms with Crippen molar-refractivity contribution in [1.82, 2.24) is 9.71 Å². The minimum absolute atomic E-state index is 0.0182. The van der Waals surface area contributed by atoms with Gasteiger partial charge in [-0.1, -0.05) is 26.8 Å².